The normalized spacial score (nSPS) is 16.0. The Hall–Kier alpha value is -1.86. The fourth-order valence-corrected chi connectivity index (χ4v) is 1.95. The molecule has 0 spiro atoms. The van der Waals surface area contributed by atoms with Gasteiger partial charge in [-0.05, 0) is 6.07 Å². The zero-order valence-corrected chi connectivity index (χ0v) is 12.3. The molecule has 1 aromatic heterocycles. The lowest BCUT2D eigenvalue weighted by atomic mass is 10.3. The highest BCUT2D eigenvalue weighted by Crippen LogP contribution is 2.15. The maximum Gasteiger partial charge on any atom is 0.218 e. The fraction of sp³-hybridized carbons (Fsp3) is 0.571. The first-order valence-corrected chi connectivity index (χ1v) is 6.99. The molecule has 0 radical (unpaired) electrons. The molecule has 0 amide bonds. The minimum atomic E-state index is 0.444. The second-order valence-corrected chi connectivity index (χ2v) is 4.58. The number of pyridine rings is 1. The van der Waals surface area contributed by atoms with Gasteiger partial charge < -0.3 is 24.8 Å². The second-order valence-electron chi connectivity index (χ2n) is 4.58. The van der Waals surface area contributed by atoms with Crippen LogP contribution in [-0.4, -0.2) is 62.5 Å². The lowest BCUT2D eigenvalue weighted by molar-refractivity contribution is 0.0674. The first-order valence-electron chi connectivity index (χ1n) is 6.99. The number of nitrogens with zero attached hydrogens (tertiary/aromatic N) is 3. The number of methoxy groups -OCH3 is 1. The number of aliphatic imine (C=N–C) groups is 1. The molecule has 0 atom stereocenters. The lowest BCUT2D eigenvalue weighted by Crippen LogP contribution is -2.44. The predicted molar refractivity (Wildman–Crippen MR) is 79.3 cm³/mol. The highest BCUT2D eigenvalue weighted by atomic mass is 16.5. The summed E-state index contributed by atoms with van der Waals surface area (Å²) in [6.45, 7) is 4.36. The molecule has 21 heavy (non-hydrogen) atoms. The van der Waals surface area contributed by atoms with Gasteiger partial charge in [-0.25, -0.2) is 9.98 Å². The van der Waals surface area contributed by atoms with E-state index < -0.39 is 0 Å². The zero-order chi connectivity index (χ0) is 14.9. The molecule has 2 N–H and O–H groups in total. The molecule has 0 saturated carbocycles. The topological polar surface area (TPSA) is 82.2 Å². The standard InChI is InChI=1S/C14H22N4O3/c1-19-9-10-21-13-12(3-2-4-16-13)11-17-14(15)18-5-7-20-8-6-18/h2-4H,5-11H2,1H3,(H2,15,17). The van der Waals surface area contributed by atoms with E-state index in [1.165, 1.54) is 0 Å². The van der Waals surface area contributed by atoms with Crippen LogP contribution in [0.1, 0.15) is 5.56 Å². The maximum atomic E-state index is 6.01. The first kappa shape index (κ1) is 15.5. The second kappa shape index (κ2) is 8.43. The van der Waals surface area contributed by atoms with E-state index >= 15 is 0 Å². The largest absolute Gasteiger partial charge is 0.475 e. The van der Waals surface area contributed by atoms with Gasteiger partial charge in [0.05, 0.1) is 26.4 Å². The van der Waals surface area contributed by atoms with Crippen molar-refractivity contribution >= 4 is 5.96 Å². The Bertz CT molecular complexity index is 461. The molecule has 2 rings (SSSR count). The molecule has 2 heterocycles. The smallest absolute Gasteiger partial charge is 0.218 e. The summed E-state index contributed by atoms with van der Waals surface area (Å²) < 4.78 is 15.8. The Morgan fingerprint density at radius 2 is 2.24 bits per heavy atom. The predicted octanol–water partition coefficient (Wildman–Crippen LogP) is 0.254. The van der Waals surface area contributed by atoms with Crippen molar-refractivity contribution in [2.45, 2.75) is 6.54 Å². The first-order chi connectivity index (χ1) is 10.3. The lowest BCUT2D eigenvalue weighted by Gasteiger charge is -2.27. The number of hydrogen-bond donors (Lipinski definition) is 1. The van der Waals surface area contributed by atoms with Crippen LogP contribution in [0, 0.1) is 0 Å². The van der Waals surface area contributed by atoms with Crippen LogP contribution in [0.4, 0.5) is 0 Å². The van der Waals surface area contributed by atoms with Crippen molar-refractivity contribution in [3.8, 4) is 5.88 Å². The summed E-state index contributed by atoms with van der Waals surface area (Å²) in [5, 5.41) is 0. The highest BCUT2D eigenvalue weighted by Gasteiger charge is 2.12. The molecule has 0 bridgehead atoms. The molecule has 1 aliphatic heterocycles. The number of morpholine rings is 1. The van der Waals surface area contributed by atoms with Crippen LogP contribution in [0.5, 0.6) is 5.88 Å². The maximum absolute atomic E-state index is 6.01. The van der Waals surface area contributed by atoms with Gasteiger partial charge in [-0.3, -0.25) is 0 Å². The van der Waals surface area contributed by atoms with Gasteiger partial charge in [-0.15, -0.1) is 0 Å². The van der Waals surface area contributed by atoms with Crippen LogP contribution in [0.3, 0.4) is 0 Å². The Morgan fingerprint density at radius 1 is 1.43 bits per heavy atom. The van der Waals surface area contributed by atoms with Gasteiger partial charge >= 0.3 is 0 Å². The van der Waals surface area contributed by atoms with E-state index in [0.717, 1.165) is 18.7 Å². The van der Waals surface area contributed by atoms with Crippen LogP contribution in [0.15, 0.2) is 23.3 Å². The molecule has 0 unspecified atom stereocenters. The zero-order valence-electron chi connectivity index (χ0n) is 12.3. The molecule has 0 aromatic carbocycles. The Labute approximate surface area is 124 Å². The van der Waals surface area contributed by atoms with Gasteiger partial charge in [-0.1, -0.05) is 6.07 Å². The summed E-state index contributed by atoms with van der Waals surface area (Å²) in [5.41, 5.74) is 6.91. The number of hydrogen-bond acceptors (Lipinski definition) is 5. The van der Waals surface area contributed by atoms with Gasteiger partial charge in [0.2, 0.25) is 5.88 Å². The van der Waals surface area contributed by atoms with Gasteiger partial charge in [0, 0.05) is 32.0 Å². The van der Waals surface area contributed by atoms with Crippen molar-refractivity contribution < 1.29 is 14.2 Å². The van der Waals surface area contributed by atoms with Crippen LogP contribution < -0.4 is 10.5 Å². The molecule has 1 aliphatic rings. The molecular weight excluding hydrogens is 272 g/mol. The summed E-state index contributed by atoms with van der Waals surface area (Å²) in [6, 6.07) is 3.80. The van der Waals surface area contributed by atoms with E-state index in [-0.39, 0.29) is 0 Å². The van der Waals surface area contributed by atoms with Crippen molar-refractivity contribution in [3.05, 3.63) is 23.9 Å². The SMILES string of the molecule is COCCOc1ncccc1CN=C(N)N1CCOCC1. The molecule has 1 fully saturated rings. The number of rotatable bonds is 6. The van der Waals surface area contributed by atoms with Gasteiger partial charge in [-0.2, -0.15) is 0 Å². The summed E-state index contributed by atoms with van der Waals surface area (Å²) in [5.74, 6) is 1.11. The van der Waals surface area contributed by atoms with Crippen molar-refractivity contribution in [3.63, 3.8) is 0 Å². The third-order valence-corrected chi connectivity index (χ3v) is 3.12. The molecule has 7 heteroatoms. The fourth-order valence-electron chi connectivity index (χ4n) is 1.95. The Kier molecular flexibility index (Phi) is 6.23. The highest BCUT2D eigenvalue weighted by molar-refractivity contribution is 5.78. The molecule has 1 aromatic rings. The average molecular weight is 294 g/mol. The molecule has 116 valence electrons. The van der Waals surface area contributed by atoms with E-state index in [9.17, 15) is 0 Å². The number of guanidine groups is 1. The van der Waals surface area contributed by atoms with E-state index in [1.807, 2.05) is 17.0 Å². The van der Waals surface area contributed by atoms with Crippen LogP contribution in [0.25, 0.3) is 0 Å². The Morgan fingerprint density at radius 3 is 3.00 bits per heavy atom. The van der Waals surface area contributed by atoms with Crippen LogP contribution in [-0.2, 0) is 16.0 Å². The molecule has 1 saturated heterocycles. The van der Waals surface area contributed by atoms with Crippen LogP contribution in [0.2, 0.25) is 0 Å². The van der Waals surface area contributed by atoms with E-state index in [2.05, 4.69) is 9.98 Å². The average Bonchev–Trinajstić information content (AvgIpc) is 2.54. The van der Waals surface area contributed by atoms with Crippen LogP contribution >= 0.6 is 0 Å². The van der Waals surface area contributed by atoms with Gasteiger partial charge in [0.1, 0.15) is 6.61 Å². The summed E-state index contributed by atoms with van der Waals surface area (Å²) in [4.78, 5) is 10.7. The van der Waals surface area contributed by atoms with E-state index in [0.29, 0.717) is 44.8 Å². The third kappa shape index (κ3) is 4.87. The minimum Gasteiger partial charge on any atom is -0.475 e. The monoisotopic (exact) mass is 294 g/mol. The van der Waals surface area contributed by atoms with Crippen molar-refractivity contribution in [1.29, 1.82) is 0 Å². The summed E-state index contributed by atoms with van der Waals surface area (Å²) >= 11 is 0. The Balaban J connectivity index is 1.94. The summed E-state index contributed by atoms with van der Waals surface area (Å²) in [7, 11) is 1.63. The number of ether oxygens (including phenoxy) is 3. The van der Waals surface area contributed by atoms with E-state index in [1.54, 1.807) is 13.3 Å². The molecule has 7 nitrogen and oxygen atoms in total. The number of nitrogens with two attached hydrogens (primary N) is 1. The van der Waals surface area contributed by atoms with Crippen molar-refractivity contribution in [2.24, 2.45) is 10.7 Å². The third-order valence-electron chi connectivity index (χ3n) is 3.12. The van der Waals surface area contributed by atoms with E-state index in [4.69, 9.17) is 19.9 Å². The molecular formula is C14H22N4O3. The summed E-state index contributed by atoms with van der Waals surface area (Å²) in [6.07, 6.45) is 1.70. The quantitative estimate of drug-likeness (QED) is 0.460. The van der Waals surface area contributed by atoms with Crippen molar-refractivity contribution in [2.75, 3.05) is 46.6 Å². The van der Waals surface area contributed by atoms with Gasteiger partial charge in [0.25, 0.3) is 0 Å². The minimum absolute atomic E-state index is 0.444. The van der Waals surface area contributed by atoms with Gasteiger partial charge in [0.15, 0.2) is 5.96 Å². The molecule has 0 aliphatic carbocycles. The van der Waals surface area contributed by atoms with Crippen molar-refractivity contribution in [1.82, 2.24) is 9.88 Å². The number of aromatic nitrogens is 1.